The van der Waals surface area contributed by atoms with Crippen molar-refractivity contribution in [3.05, 3.63) is 66.4 Å². The van der Waals surface area contributed by atoms with Gasteiger partial charge in [0, 0.05) is 31.3 Å². The number of nitrogens with one attached hydrogen (secondary N) is 2. The molecule has 3 aromatic heterocycles. The summed E-state index contributed by atoms with van der Waals surface area (Å²) in [5.74, 6) is -0.0648. The lowest BCUT2D eigenvalue weighted by molar-refractivity contribution is 0.599. The van der Waals surface area contributed by atoms with Gasteiger partial charge >= 0.3 is 0 Å². The first-order valence-corrected chi connectivity index (χ1v) is 12.6. The van der Waals surface area contributed by atoms with E-state index in [0.717, 1.165) is 4.88 Å². The van der Waals surface area contributed by atoms with E-state index in [1.165, 1.54) is 58.9 Å². The first-order chi connectivity index (χ1) is 14.7. The molecule has 3 heterocycles. The van der Waals surface area contributed by atoms with Crippen LogP contribution in [0.3, 0.4) is 0 Å². The molecule has 0 saturated carbocycles. The molecule has 160 valence electrons. The molecule has 0 radical (unpaired) electrons. The van der Waals surface area contributed by atoms with Crippen LogP contribution in [0.5, 0.6) is 0 Å². The molecule has 0 bridgehead atoms. The third-order valence-electron chi connectivity index (χ3n) is 4.05. The maximum Gasteiger partial charge on any atom is 0.265 e. The normalized spacial score (nSPS) is 11.9. The highest BCUT2D eigenvalue weighted by Gasteiger charge is 2.24. The van der Waals surface area contributed by atoms with Crippen LogP contribution < -0.4 is 9.44 Å². The number of anilines is 2. The molecule has 31 heavy (non-hydrogen) atoms. The van der Waals surface area contributed by atoms with Gasteiger partial charge in [0.05, 0.1) is 9.77 Å². The topological polar surface area (TPSA) is 136 Å². The van der Waals surface area contributed by atoms with E-state index in [4.69, 9.17) is 0 Å². The van der Waals surface area contributed by atoms with Crippen LogP contribution in [0, 0.1) is 0 Å². The number of aromatic nitrogens is 4. The van der Waals surface area contributed by atoms with Crippen molar-refractivity contribution in [2.24, 2.45) is 7.05 Å². The van der Waals surface area contributed by atoms with Crippen LogP contribution in [0.1, 0.15) is 0 Å². The lowest BCUT2D eigenvalue weighted by Gasteiger charge is -2.09. The summed E-state index contributed by atoms with van der Waals surface area (Å²) in [5.41, 5.74) is 0.548. The minimum absolute atomic E-state index is 0.0250. The smallest absolute Gasteiger partial charge is 0.265 e. The van der Waals surface area contributed by atoms with E-state index in [9.17, 15) is 16.8 Å². The standard InChI is InChI=1S/C18H16N6O4S3/c1-24-12-16(17(21-24)15-4-2-11-29-15)31(27,28)22-13-5-7-14(8-6-13)30(25,26)23-18-19-9-3-10-20-18/h2-12,22H,1H3,(H,19,20,23). The number of nitrogens with zero attached hydrogens (tertiary/aromatic N) is 4. The molecule has 0 saturated heterocycles. The second-order valence-corrected chi connectivity index (χ2v) is 10.6. The third-order valence-corrected chi connectivity index (χ3v) is 7.65. The summed E-state index contributed by atoms with van der Waals surface area (Å²) in [6.07, 6.45) is 4.23. The van der Waals surface area contributed by atoms with E-state index in [1.807, 2.05) is 11.4 Å². The summed E-state index contributed by atoms with van der Waals surface area (Å²) in [5, 5.41) is 6.09. The zero-order valence-electron chi connectivity index (χ0n) is 16.0. The van der Waals surface area contributed by atoms with Crippen molar-refractivity contribution in [1.82, 2.24) is 19.7 Å². The van der Waals surface area contributed by atoms with E-state index < -0.39 is 20.0 Å². The molecular formula is C18H16N6O4S3. The van der Waals surface area contributed by atoms with Gasteiger partial charge in [0.15, 0.2) is 0 Å². The number of hydrogen-bond donors (Lipinski definition) is 2. The van der Waals surface area contributed by atoms with E-state index >= 15 is 0 Å². The van der Waals surface area contributed by atoms with E-state index in [-0.39, 0.29) is 21.4 Å². The van der Waals surface area contributed by atoms with Gasteiger partial charge in [-0.2, -0.15) is 5.10 Å². The molecule has 0 amide bonds. The molecule has 0 aliphatic carbocycles. The Morgan fingerprint density at radius 1 is 0.903 bits per heavy atom. The van der Waals surface area contributed by atoms with Crippen LogP contribution >= 0.6 is 11.3 Å². The maximum atomic E-state index is 12.9. The number of benzene rings is 1. The minimum atomic E-state index is -3.96. The highest BCUT2D eigenvalue weighted by molar-refractivity contribution is 7.93. The highest BCUT2D eigenvalue weighted by atomic mass is 32.2. The summed E-state index contributed by atoms with van der Waals surface area (Å²) in [4.78, 5) is 8.32. The van der Waals surface area contributed by atoms with Crippen LogP contribution in [-0.4, -0.2) is 36.6 Å². The Balaban J connectivity index is 1.57. The predicted octanol–water partition coefficient (Wildman–Crippen LogP) is 2.54. The molecule has 0 unspecified atom stereocenters. The van der Waals surface area contributed by atoms with E-state index in [2.05, 4.69) is 24.5 Å². The molecule has 0 spiro atoms. The zero-order valence-corrected chi connectivity index (χ0v) is 18.4. The van der Waals surface area contributed by atoms with Crippen molar-refractivity contribution in [3.8, 4) is 10.6 Å². The molecule has 1 aromatic carbocycles. The molecule has 0 fully saturated rings. The molecule has 4 aromatic rings. The Kier molecular flexibility index (Phi) is 5.47. The molecule has 0 aliphatic heterocycles. The molecule has 4 rings (SSSR count). The lowest BCUT2D eigenvalue weighted by Crippen LogP contribution is -2.15. The van der Waals surface area contributed by atoms with E-state index in [1.54, 1.807) is 19.2 Å². The number of aryl methyl sites for hydroxylation is 1. The summed E-state index contributed by atoms with van der Waals surface area (Å²) in [6.45, 7) is 0. The summed E-state index contributed by atoms with van der Waals surface area (Å²) >= 11 is 1.38. The fraction of sp³-hybridized carbons (Fsp3) is 0.0556. The van der Waals surface area contributed by atoms with Gasteiger partial charge in [-0.3, -0.25) is 9.40 Å². The fourth-order valence-electron chi connectivity index (χ4n) is 2.69. The molecule has 10 nitrogen and oxygen atoms in total. The highest BCUT2D eigenvalue weighted by Crippen LogP contribution is 2.30. The zero-order chi connectivity index (χ0) is 22.1. The van der Waals surface area contributed by atoms with Crippen LogP contribution in [0.2, 0.25) is 0 Å². The minimum Gasteiger partial charge on any atom is -0.280 e. The summed E-state index contributed by atoms with van der Waals surface area (Å²) in [6, 6.07) is 10.4. The maximum absolute atomic E-state index is 12.9. The van der Waals surface area contributed by atoms with Crippen molar-refractivity contribution in [2.75, 3.05) is 9.44 Å². The van der Waals surface area contributed by atoms with Gasteiger partial charge in [0.2, 0.25) is 5.95 Å². The van der Waals surface area contributed by atoms with Gasteiger partial charge in [0.25, 0.3) is 20.0 Å². The Hall–Kier alpha value is -3.29. The van der Waals surface area contributed by atoms with E-state index in [0.29, 0.717) is 5.69 Å². The van der Waals surface area contributed by atoms with Gasteiger partial charge in [-0.1, -0.05) is 6.07 Å². The molecule has 13 heteroatoms. The van der Waals surface area contributed by atoms with Gasteiger partial charge in [-0.25, -0.2) is 31.5 Å². The number of rotatable bonds is 7. The third kappa shape index (κ3) is 4.57. The second kappa shape index (κ2) is 8.09. The van der Waals surface area contributed by atoms with Crippen molar-refractivity contribution in [1.29, 1.82) is 0 Å². The Morgan fingerprint density at radius 2 is 1.61 bits per heavy atom. The Bertz CT molecular complexity index is 1400. The monoisotopic (exact) mass is 476 g/mol. The first-order valence-electron chi connectivity index (χ1n) is 8.75. The molecule has 0 aliphatic rings. The van der Waals surface area contributed by atoms with Gasteiger partial charge in [-0.15, -0.1) is 11.3 Å². The van der Waals surface area contributed by atoms with Crippen molar-refractivity contribution in [2.45, 2.75) is 9.79 Å². The second-order valence-electron chi connectivity index (χ2n) is 6.30. The van der Waals surface area contributed by atoms with Crippen molar-refractivity contribution in [3.63, 3.8) is 0 Å². The predicted molar refractivity (Wildman–Crippen MR) is 117 cm³/mol. The first kappa shape index (κ1) is 21.0. The van der Waals surface area contributed by atoms with Crippen molar-refractivity contribution >= 4 is 43.0 Å². The number of hydrogen-bond acceptors (Lipinski definition) is 8. The SMILES string of the molecule is Cn1cc(S(=O)(=O)Nc2ccc(S(=O)(=O)Nc3ncccn3)cc2)c(-c2cccs2)n1. The Labute approximate surface area is 182 Å². The molecule has 0 atom stereocenters. The van der Waals surface area contributed by atoms with Crippen molar-refractivity contribution < 1.29 is 16.8 Å². The lowest BCUT2D eigenvalue weighted by atomic mass is 10.3. The van der Waals surface area contributed by atoms with Crippen LogP contribution in [0.4, 0.5) is 11.6 Å². The summed E-state index contributed by atoms with van der Waals surface area (Å²) in [7, 11) is -6.24. The van der Waals surface area contributed by atoms with Gasteiger partial charge < -0.3 is 0 Å². The van der Waals surface area contributed by atoms with Gasteiger partial charge in [-0.05, 0) is 41.8 Å². The average molecular weight is 477 g/mol. The largest absolute Gasteiger partial charge is 0.280 e. The van der Waals surface area contributed by atoms with Crippen LogP contribution in [-0.2, 0) is 27.1 Å². The number of thiophene rings is 1. The molecular weight excluding hydrogens is 460 g/mol. The van der Waals surface area contributed by atoms with Crippen LogP contribution in [0.15, 0.2) is 76.2 Å². The Morgan fingerprint density at radius 3 is 2.26 bits per heavy atom. The van der Waals surface area contributed by atoms with Gasteiger partial charge in [0.1, 0.15) is 10.6 Å². The van der Waals surface area contributed by atoms with Crippen LogP contribution in [0.25, 0.3) is 10.6 Å². The average Bonchev–Trinajstić information content (AvgIpc) is 3.38. The molecule has 2 N–H and O–H groups in total. The number of sulfonamides is 2. The summed E-state index contributed by atoms with van der Waals surface area (Å²) < 4.78 is 57.0. The fourth-order valence-corrected chi connectivity index (χ4v) is 5.69. The quantitative estimate of drug-likeness (QED) is 0.418.